The monoisotopic (exact) mass is 436 g/mol. The van der Waals surface area contributed by atoms with Gasteiger partial charge in [0.15, 0.2) is 5.96 Å². The molecule has 1 heterocycles. The van der Waals surface area contributed by atoms with Gasteiger partial charge in [-0.3, -0.25) is 4.99 Å². The van der Waals surface area contributed by atoms with E-state index in [1.165, 1.54) is 0 Å². The largest absolute Gasteiger partial charge is 0.511 e. The molecule has 0 bridgehead atoms. The molecule has 11 heteroatoms. The molecule has 0 unspecified atom stereocenters. The highest BCUT2D eigenvalue weighted by Gasteiger charge is 2.50. The summed E-state index contributed by atoms with van der Waals surface area (Å²) in [6, 6.07) is 9.44. The molecule has 1 fully saturated rings. The maximum atomic E-state index is 12.6. The van der Waals surface area contributed by atoms with E-state index >= 15 is 0 Å². The first-order chi connectivity index (χ1) is 13.6. The van der Waals surface area contributed by atoms with Crippen LogP contribution in [0.25, 0.3) is 0 Å². The number of rotatable bonds is 7. The second kappa shape index (κ2) is 10.1. The lowest BCUT2D eigenvalue weighted by atomic mass is 9.98. The van der Waals surface area contributed by atoms with E-state index in [-0.39, 0.29) is 19.0 Å². The van der Waals surface area contributed by atoms with Gasteiger partial charge in [-0.05, 0) is 30.9 Å². The summed E-state index contributed by atoms with van der Waals surface area (Å²) in [5, 5.41) is 3.20. The number of alkyl halides is 3. The van der Waals surface area contributed by atoms with Gasteiger partial charge in [-0.1, -0.05) is 18.2 Å². The number of benzene rings is 1. The fraction of sp³-hybridized carbons (Fsp3) is 0.611. The van der Waals surface area contributed by atoms with Crippen LogP contribution in [0.3, 0.4) is 0 Å². The van der Waals surface area contributed by atoms with Gasteiger partial charge in [0.05, 0.1) is 6.54 Å². The number of ether oxygens (including phenoxy) is 1. The molecule has 0 aliphatic carbocycles. The Morgan fingerprint density at radius 1 is 1.28 bits per heavy atom. The van der Waals surface area contributed by atoms with E-state index < -0.39 is 15.5 Å². The van der Waals surface area contributed by atoms with Gasteiger partial charge in [-0.2, -0.15) is 17.5 Å². The highest BCUT2D eigenvalue weighted by atomic mass is 32.2. The molecule has 29 heavy (non-hydrogen) atoms. The first kappa shape index (κ1) is 23.3. The number of para-hydroxylation sites is 1. The molecule has 1 N–H and O–H groups in total. The Kier molecular flexibility index (Phi) is 8.14. The van der Waals surface area contributed by atoms with Crippen molar-refractivity contribution in [2.75, 3.05) is 46.9 Å². The lowest BCUT2D eigenvalue weighted by Crippen LogP contribution is -2.47. The summed E-state index contributed by atoms with van der Waals surface area (Å²) in [6.07, 6.45) is 0.722. The van der Waals surface area contributed by atoms with Gasteiger partial charge >= 0.3 is 15.5 Å². The van der Waals surface area contributed by atoms with E-state index in [9.17, 15) is 21.6 Å². The molecule has 1 aromatic rings. The van der Waals surface area contributed by atoms with Crippen molar-refractivity contribution >= 4 is 16.0 Å². The minimum Gasteiger partial charge on any atom is -0.492 e. The predicted molar refractivity (Wildman–Crippen MR) is 105 cm³/mol. The Morgan fingerprint density at radius 3 is 2.45 bits per heavy atom. The molecule has 164 valence electrons. The van der Waals surface area contributed by atoms with E-state index in [1.54, 1.807) is 7.05 Å². The summed E-state index contributed by atoms with van der Waals surface area (Å²) in [4.78, 5) is 6.10. The third-order valence-corrected chi connectivity index (χ3v) is 6.40. The Labute approximate surface area is 169 Å². The average Bonchev–Trinajstić information content (AvgIpc) is 2.69. The van der Waals surface area contributed by atoms with Gasteiger partial charge in [0.1, 0.15) is 12.4 Å². The van der Waals surface area contributed by atoms with Gasteiger partial charge < -0.3 is 15.0 Å². The number of piperidine rings is 1. The molecule has 0 radical (unpaired) electrons. The molecule has 0 atom stereocenters. The van der Waals surface area contributed by atoms with Crippen LogP contribution in [0.1, 0.15) is 12.8 Å². The molecular formula is C18H27F3N4O3S. The summed E-state index contributed by atoms with van der Waals surface area (Å²) in [7, 11) is -1.73. The second-order valence-corrected chi connectivity index (χ2v) is 8.73. The molecular weight excluding hydrogens is 409 g/mol. The van der Waals surface area contributed by atoms with Crippen LogP contribution in [-0.2, 0) is 10.0 Å². The van der Waals surface area contributed by atoms with Crippen LogP contribution in [0.5, 0.6) is 5.75 Å². The molecule has 0 saturated carbocycles. The van der Waals surface area contributed by atoms with Crippen LogP contribution in [0.15, 0.2) is 35.3 Å². The van der Waals surface area contributed by atoms with Crippen LogP contribution in [0.4, 0.5) is 13.2 Å². The van der Waals surface area contributed by atoms with Gasteiger partial charge in [0, 0.05) is 33.7 Å². The smallest absolute Gasteiger partial charge is 0.492 e. The van der Waals surface area contributed by atoms with E-state index in [1.807, 2.05) is 42.3 Å². The van der Waals surface area contributed by atoms with Gasteiger partial charge in [0.25, 0.3) is 0 Å². The highest BCUT2D eigenvalue weighted by molar-refractivity contribution is 7.90. The number of likely N-dealkylation sites (N-methyl/N-ethyl adjacent to an activating group) is 1. The summed E-state index contributed by atoms with van der Waals surface area (Å²) >= 11 is 0. The van der Waals surface area contributed by atoms with Crippen molar-refractivity contribution in [2.24, 2.45) is 10.9 Å². The standard InChI is InChI=1S/C18H27F3N4O3S/c1-22-17(24(2)12-13-28-16-6-4-3-5-7-16)23-14-15-8-10-25(11-9-15)29(26,27)18(19,20)21/h3-7,15H,8-14H2,1-2H3,(H,22,23). The van der Waals surface area contributed by atoms with Crippen molar-refractivity contribution in [3.63, 3.8) is 0 Å². The quantitative estimate of drug-likeness (QED) is 0.524. The van der Waals surface area contributed by atoms with Crippen molar-refractivity contribution in [3.8, 4) is 5.75 Å². The van der Waals surface area contributed by atoms with Crippen LogP contribution < -0.4 is 10.1 Å². The van der Waals surface area contributed by atoms with Crippen LogP contribution in [0.2, 0.25) is 0 Å². The van der Waals surface area contributed by atoms with E-state index in [2.05, 4.69) is 10.3 Å². The molecule has 1 aromatic carbocycles. The molecule has 0 spiro atoms. The minimum absolute atomic E-state index is 0.0698. The Hall–Kier alpha value is -2.01. The zero-order valence-electron chi connectivity index (χ0n) is 16.5. The van der Waals surface area contributed by atoms with E-state index in [0.717, 1.165) is 5.75 Å². The zero-order valence-corrected chi connectivity index (χ0v) is 17.3. The maximum absolute atomic E-state index is 12.6. The highest BCUT2D eigenvalue weighted by Crippen LogP contribution is 2.30. The summed E-state index contributed by atoms with van der Waals surface area (Å²) in [5.74, 6) is 1.50. The summed E-state index contributed by atoms with van der Waals surface area (Å²) < 4.78 is 67.0. The normalized spacial score (nSPS) is 17.2. The number of hydrogen-bond donors (Lipinski definition) is 1. The maximum Gasteiger partial charge on any atom is 0.511 e. The van der Waals surface area contributed by atoms with Crippen molar-refractivity contribution in [3.05, 3.63) is 30.3 Å². The van der Waals surface area contributed by atoms with Crippen LogP contribution >= 0.6 is 0 Å². The summed E-state index contributed by atoms with van der Waals surface area (Å²) in [5.41, 5.74) is -5.25. The average molecular weight is 437 g/mol. The lowest BCUT2D eigenvalue weighted by Gasteiger charge is -2.32. The number of hydrogen-bond acceptors (Lipinski definition) is 4. The first-order valence-electron chi connectivity index (χ1n) is 9.31. The molecule has 7 nitrogen and oxygen atoms in total. The lowest BCUT2D eigenvalue weighted by molar-refractivity contribution is -0.0496. The van der Waals surface area contributed by atoms with Crippen LogP contribution in [0, 0.1) is 5.92 Å². The van der Waals surface area contributed by atoms with Crippen LogP contribution in [-0.4, -0.2) is 76.0 Å². The first-order valence-corrected chi connectivity index (χ1v) is 10.7. The predicted octanol–water partition coefficient (Wildman–Crippen LogP) is 2.13. The fourth-order valence-corrected chi connectivity index (χ4v) is 4.03. The number of nitrogens with one attached hydrogen (secondary N) is 1. The van der Waals surface area contributed by atoms with Gasteiger partial charge in [0.2, 0.25) is 0 Å². The zero-order chi connectivity index (χ0) is 21.5. The van der Waals surface area contributed by atoms with E-state index in [0.29, 0.717) is 42.8 Å². The van der Waals surface area contributed by atoms with Crippen molar-refractivity contribution < 1.29 is 26.3 Å². The number of halogens is 3. The molecule has 0 aromatic heterocycles. The number of aliphatic imine (C=N–C) groups is 1. The third kappa shape index (κ3) is 6.49. The van der Waals surface area contributed by atoms with Gasteiger partial charge in [-0.15, -0.1) is 0 Å². The second-order valence-electron chi connectivity index (χ2n) is 6.80. The molecule has 1 aliphatic heterocycles. The number of guanidine groups is 1. The molecule has 1 saturated heterocycles. The topological polar surface area (TPSA) is 74.2 Å². The number of nitrogens with zero attached hydrogens (tertiary/aromatic N) is 3. The number of sulfonamides is 1. The molecule has 2 rings (SSSR count). The SMILES string of the molecule is CN=C(NCC1CCN(S(=O)(=O)C(F)(F)F)CC1)N(C)CCOc1ccccc1. The Balaban J connectivity index is 1.74. The minimum atomic E-state index is -5.25. The molecule has 0 amide bonds. The summed E-state index contributed by atoms with van der Waals surface area (Å²) in [6.45, 7) is 1.31. The Morgan fingerprint density at radius 2 is 1.90 bits per heavy atom. The van der Waals surface area contributed by atoms with Crippen molar-refractivity contribution in [1.82, 2.24) is 14.5 Å². The van der Waals surface area contributed by atoms with Crippen molar-refractivity contribution in [1.29, 1.82) is 0 Å². The molecule has 1 aliphatic rings. The Bertz CT molecular complexity index is 764. The van der Waals surface area contributed by atoms with E-state index in [4.69, 9.17) is 4.74 Å². The van der Waals surface area contributed by atoms with Gasteiger partial charge in [-0.25, -0.2) is 8.42 Å². The third-order valence-electron chi connectivity index (χ3n) is 4.77. The fourth-order valence-electron chi connectivity index (χ4n) is 3.04. The van der Waals surface area contributed by atoms with Crippen molar-refractivity contribution in [2.45, 2.75) is 18.3 Å².